The number of rotatable bonds is 7. The van der Waals surface area contributed by atoms with Gasteiger partial charge in [-0.2, -0.15) is 4.98 Å². The number of anilines is 2. The average molecular weight is 499 g/mol. The van der Waals surface area contributed by atoms with Gasteiger partial charge in [0.1, 0.15) is 16.3 Å². The maximum absolute atomic E-state index is 10.5. The molecule has 35 heavy (non-hydrogen) atoms. The van der Waals surface area contributed by atoms with E-state index < -0.39 is 5.60 Å². The van der Waals surface area contributed by atoms with Crippen LogP contribution in [-0.2, 0) is 4.74 Å². The van der Waals surface area contributed by atoms with E-state index in [1.807, 2.05) is 40.0 Å². The van der Waals surface area contributed by atoms with E-state index in [0.717, 1.165) is 83.4 Å². The molecule has 3 N–H and O–H groups in total. The number of nitrogens with zero attached hydrogens (tertiary/aromatic N) is 4. The number of ether oxygens (including phenoxy) is 1. The summed E-state index contributed by atoms with van der Waals surface area (Å²) < 4.78 is 6.62. The molecule has 190 valence electrons. The number of pyridine rings is 1. The van der Waals surface area contributed by atoms with E-state index in [1.54, 1.807) is 11.3 Å². The normalized spacial score (nSPS) is 22.4. The summed E-state index contributed by atoms with van der Waals surface area (Å²) in [7, 11) is 0. The Balaban J connectivity index is 0.00000289. The van der Waals surface area contributed by atoms with Crippen molar-refractivity contribution in [1.82, 2.24) is 19.9 Å². The topological polar surface area (TPSA) is 105 Å². The van der Waals surface area contributed by atoms with Crippen LogP contribution in [0.25, 0.3) is 20.8 Å². The van der Waals surface area contributed by atoms with Crippen LogP contribution < -0.4 is 10.6 Å². The number of nitrogens with one attached hydrogen (secondary N) is 2. The lowest BCUT2D eigenvalue weighted by atomic mass is 9.89. The van der Waals surface area contributed by atoms with Crippen LogP contribution in [0.15, 0.2) is 12.3 Å². The molecular formula is C26H38N6O2S. The molecule has 1 saturated heterocycles. The SMILES string of the molecule is C.Cc1nc(NCC2CCOC2)nc(NC2CCC(C(C)(C)O)C2)c1-c1nc2c(C)nccc2s1. The highest BCUT2D eigenvalue weighted by molar-refractivity contribution is 7.21. The van der Waals surface area contributed by atoms with Gasteiger partial charge in [-0.05, 0) is 65.4 Å². The average Bonchev–Trinajstić information content (AvgIpc) is 3.53. The lowest BCUT2D eigenvalue weighted by molar-refractivity contribution is 0.0197. The van der Waals surface area contributed by atoms with Crippen LogP contribution in [0, 0.1) is 25.7 Å². The molecular weight excluding hydrogens is 460 g/mol. The van der Waals surface area contributed by atoms with Crippen molar-refractivity contribution in [2.75, 3.05) is 30.4 Å². The molecule has 5 rings (SSSR count). The Hall–Kier alpha value is -2.36. The second-order valence-electron chi connectivity index (χ2n) is 10.2. The third-order valence-corrected chi connectivity index (χ3v) is 8.18. The highest BCUT2D eigenvalue weighted by Crippen LogP contribution is 2.40. The highest BCUT2D eigenvalue weighted by atomic mass is 32.1. The first-order valence-corrected chi connectivity index (χ1v) is 13.0. The van der Waals surface area contributed by atoms with Crippen molar-refractivity contribution in [2.24, 2.45) is 11.8 Å². The van der Waals surface area contributed by atoms with Crippen LogP contribution in [-0.4, -0.2) is 56.4 Å². The van der Waals surface area contributed by atoms with Gasteiger partial charge in [0.25, 0.3) is 0 Å². The van der Waals surface area contributed by atoms with Crippen LogP contribution in [0.4, 0.5) is 11.8 Å². The van der Waals surface area contributed by atoms with Crippen LogP contribution in [0.1, 0.15) is 58.3 Å². The Kier molecular flexibility index (Phi) is 7.59. The number of hydrogen-bond donors (Lipinski definition) is 3. The number of aryl methyl sites for hydroxylation is 2. The number of hydrogen-bond acceptors (Lipinski definition) is 9. The van der Waals surface area contributed by atoms with Crippen LogP contribution in [0.3, 0.4) is 0 Å². The maximum Gasteiger partial charge on any atom is 0.224 e. The molecule has 0 aromatic carbocycles. The van der Waals surface area contributed by atoms with E-state index in [9.17, 15) is 5.11 Å². The molecule has 2 aliphatic rings. The standard InChI is InChI=1S/C25H34N6O2S.CH4/c1-14-20(23-30-21-15(2)26-9-7-19(21)34-23)22(29-18-6-5-17(11-18)25(3,4)32)31-24(28-14)27-12-16-8-10-33-13-16;/h7,9,16-18,32H,5-6,8,10-13H2,1-4H3,(H2,27,28,29,31);1H4. The summed E-state index contributed by atoms with van der Waals surface area (Å²) in [6.07, 6.45) is 5.81. The van der Waals surface area contributed by atoms with Crippen molar-refractivity contribution in [3.05, 3.63) is 23.7 Å². The van der Waals surface area contributed by atoms with E-state index >= 15 is 0 Å². The summed E-state index contributed by atoms with van der Waals surface area (Å²) in [5.41, 5.74) is 3.02. The molecule has 1 aliphatic carbocycles. The van der Waals surface area contributed by atoms with Gasteiger partial charge in [0.2, 0.25) is 5.95 Å². The molecule has 4 heterocycles. The fraction of sp³-hybridized carbons (Fsp3) is 0.615. The highest BCUT2D eigenvalue weighted by Gasteiger charge is 2.35. The Morgan fingerprint density at radius 2 is 1.97 bits per heavy atom. The Labute approximate surface area is 212 Å². The Morgan fingerprint density at radius 1 is 1.14 bits per heavy atom. The first kappa shape index (κ1) is 25.7. The van der Waals surface area contributed by atoms with Gasteiger partial charge in [-0.3, -0.25) is 4.98 Å². The number of aliphatic hydroxyl groups is 1. The van der Waals surface area contributed by atoms with Gasteiger partial charge < -0.3 is 20.5 Å². The van der Waals surface area contributed by atoms with Gasteiger partial charge in [0.15, 0.2) is 0 Å². The molecule has 0 bridgehead atoms. The molecule has 0 amide bonds. The van der Waals surface area contributed by atoms with Gasteiger partial charge in [-0.15, -0.1) is 11.3 Å². The predicted octanol–water partition coefficient (Wildman–Crippen LogP) is 5.20. The molecule has 1 aliphatic heterocycles. The molecule has 0 radical (unpaired) electrons. The molecule has 1 saturated carbocycles. The molecule has 2 fully saturated rings. The fourth-order valence-electron chi connectivity index (χ4n) is 5.03. The van der Waals surface area contributed by atoms with E-state index in [2.05, 4.69) is 15.6 Å². The van der Waals surface area contributed by atoms with Gasteiger partial charge in [0.05, 0.1) is 33.9 Å². The maximum atomic E-state index is 10.5. The smallest absolute Gasteiger partial charge is 0.224 e. The largest absolute Gasteiger partial charge is 0.390 e. The summed E-state index contributed by atoms with van der Waals surface area (Å²) in [6, 6.07) is 2.26. The predicted molar refractivity (Wildman–Crippen MR) is 143 cm³/mol. The Bertz CT molecular complexity index is 1170. The molecule has 3 atom stereocenters. The zero-order valence-electron chi connectivity index (χ0n) is 20.4. The minimum atomic E-state index is -0.672. The summed E-state index contributed by atoms with van der Waals surface area (Å²) in [5, 5.41) is 18.5. The van der Waals surface area contributed by atoms with Gasteiger partial charge in [-0.25, -0.2) is 9.97 Å². The number of fused-ring (bicyclic) bond motifs is 1. The monoisotopic (exact) mass is 498 g/mol. The first-order chi connectivity index (χ1) is 16.3. The first-order valence-electron chi connectivity index (χ1n) is 12.2. The molecule has 8 nitrogen and oxygen atoms in total. The van der Waals surface area contributed by atoms with E-state index in [0.29, 0.717) is 11.9 Å². The van der Waals surface area contributed by atoms with Crippen molar-refractivity contribution in [3.8, 4) is 10.6 Å². The lowest BCUT2D eigenvalue weighted by Crippen LogP contribution is -2.30. The molecule has 9 heteroatoms. The summed E-state index contributed by atoms with van der Waals surface area (Å²) in [5.74, 6) is 2.20. The van der Waals surface area contributed by atoms with Crippen LogP contribution >= 0.6 is 11.3 Å². The van der Waals surface area contributed by atoms with Gasteiger partial charge in [-0.1, -0.05) is 7.43 Å². The zero-order chi connectivity index (χ0) is 23.9. The van der Waals surface area contributed by atoms with E-state index in [-0.39, 0.29) is 19.4 Å². The third-order valence-electron chi connectivity index (χ3n) is 7.14. The molecule has 3 unspecified atom stereocenters. The second-order valence-corrected chi connectivity index (χ2v) is 11.3. The fourth-order valence-corrected chi connectivity index (χ4v) is 6.14. The summed E-state index contributed by atoms with van der Waals surface area (Å²) in [4.78, 5) is 19.1. The number of aromatic nitrogens is 4. The van der Waals surface area contributed by atoms with Crippen LogP contribution in [0.5, 0.6) is 0 Å². The van der Waals surface area contributed by atoms with Gasteiger partial charge >= 0.3 is 0 Å². The molecule has 3 aromatic rings. The van der Waals surface area contributed by atoms with Crippen molar-refractivity contribution in [3.63, 3.8) is 0 Å². The summed E-state index contributed by atoms with van der Waals surface area (Å²) >= 11 is 1.65. The summed E-state index contributed by atoms with van der Waals surface area (Å²) in [6.45, 7) is 10.2. The second kappa shape index (κ2) is 10.3. The number of thiazole rings is 1. The minimum absolute atomic E-state index is 0. The van der Waals surface area contributed by atoms with E-state index in [4.69, 9.17) is 19.7 Å². The third kappa shape index (κ3) is 5.57. The molecule has 3 aromatic heterocycles. The zero-order valence-corrected chi connectivity index (χ0v) is 21.2. The van der Waals surface area contributed by atoms with Crippen LogP contribution in [0.2, 0.25) is 0 Å². The lowest BCUT2D eigenvalue weighted by Gasteiger charge is -2.25. The van der Waals surface area contributed by atoms with Gasteiger partial charge in [0, 0.05) is 31.3 Å². The van der Waals surface area contributed by atoms with Crippen molar-refractivity contribution < 1.29 is 9.84 Å². The Morgan fingerprint density at radius 3 is 2.66 bits per heavy atom. The van der Waals surface area contributed by atoms with Crippen molar-refractivity contribution in [2.45, 2.75) is 72.4 Å². The quantitative estimate of drug-likeness (QED) is 0.408. The van der Waals surface area contributed by atoms with E-state index in [1.165, 1.54) is 0 Å². The van der Waals surface area contributed by atoms with Crippen molar-refractivity contribution >= 4 is 33.3 Å². The molecule has 0 spiro atoms. The van der Waals surface area contributed by atoms with Crippen molar-refractivity contribution in [1.29, 1.82) is 0 Å². The minimum Gasteiger partial charge on any atom is -0.390 e.